The van der Waals surface area contributed by atoms with E-state index in [1.54, 1.807) is 7.11 Å². The van der Waals surface area contributed by atoms with Crippen molar-refractivity contribution in [1.29, 1.82) is 0 Å². The summed E-state index contributed by atoms with van der Waals surface area (Å²) in [4.78, 5) is 15.2. The Hall–Kier alpha value is -2.99. The van der Waals surface area contributed by atoms with Gasteiger partial charge in [-0.15, -0.1) is 0 Å². The van der Waals surface area contributed by atoms with Crippen LogP contribution in [0, 0.1) is 0 Å². The number of methoxy groups -OCH3 is 1. The number of hydrogen-bond acceptors (Lipinski definition) is 5. The van der Waals surface area contributed by atoms with Gasteiger partial charge in [0.25, 0.3) is 5.91 Å². The summed E-state index contributed by atoms with van der Waals surface area (Å²) in [6.07, 6.45) is 3.95. The quantitative estimate of drug-likeness (QED) is 0.862. The summed E-state index contributed by atoms with van der Waals surface area (Å²) in [5.74, 6) is 1.59. The van der Waals surface area contributed by atoms with Crippen LogP contribution in [0.15, 0.2) is 48.0 Å². The summed E-state index contributed by atoms with van der Waals surface area (Å²) >= 11 is 0. The lowest BCUT2D eigenvalue weighted by Gasteiger charge is -2.40. The first kappa shape index (κ1) is 18.1. The van der Waals surface area contributed by atoms with E-state index in [-0.39, 0.29) is 18.2 Å². The van der Waals surface area contributed by atoms with Crippen molar-refractivity contribution in [3.8, 4) is 11.5 Å². The zero-order valence-corrected chi connectivity index (χ0v) is 16.4. The van der Waals surface area contributed by atoms with Crippen LogP contribution in [0.25, 0.3) is 6.08 Å². The molecule has 0 saturated carbocycles. The molecular weight excluding hydrogens is 368 g/mol. The minimum Gasteiger partial charge on any atom is -0.497 e. The van der Waals surface area contributed by atoms with E-state index in [0.717, 1.165) is 47.8 Å². The van der Waals surface area contributed by atoms with Crippen LogP contribution in [0.3, 0.4) is 0 Å². The van der Waals surface area contributed by atoms with E-state index in [1.165, 1.54) is 0 Å². The fourth-order valence-electron chi connectivity index (χ4n) is 4.23. The molecule has 0 bridgehead atoms. The van der Waals surface area contributed by atoms with Crippen LogP contribution in [0.4, 0.5) is 5.69 Å². The molecule has 2 aromatic carbocycles. The zero-order valence-electron chi connectivity index (χ0n) is 16.4. The number of hydrogen-bond donors (Lipinski definition) is 1. The van der Waals surface area contributed by atoms with Crippen LogP contribution < -0.4 is 14.8 Å². The van der Waals surface area contributed by atoms with E-state index in [0.29, 0.717) is 18.7 Å². The summed E-state index contributed by atoms with van der Waals surface area (Å²) in [5.41, 5.74) is 3.55. The molecule has 1 N–H and O–H groups in total. The average molecular weight is 392 g/mol. The van der Waals surface area contributed by atoms with Gasteiger partial charge >= 0.3 is 0 Å². The monoisotopic (exact) mass is 392 g/mol. The van der Waals surface area contributed by atoms with Gasteiger partial charge in [-0.25, -0.2) is 0 Å². The fraction of sp³-hybridized carbons (Fsp3) is 0.348. The van der Waals surface area contributed by atoms with E-state index in [4.69, 9.17) is 14.2 Å². The fourth-order valence-corrected chi connectivity index (χ4v) is 4.23. The summed E-state index contributed by atoms with van der Waals surface area (Å²) in [6.45, 7) is 1.75. The highest BCUT2D eigenvalue weighted by atomic mass is 16.5. The topological polar surface area (TPSA) is 60.0 Å². The molecule has 150 valence electrons. The van der Waals surface area contributed by atoms with Crippen molar-refractivity contribution in [2.75, 3.05) is 32.2 Å². The van der Waals surface area contributed by atoms with Crippen LogP contribution in [0.2, 0.25) is 0 Å². The van der Waals surface area contributed by atoms with Crippen molar-refractivity contribution in [2.45, 2.75) is 25.1 Å². The molecule has 0 aromatic heterocycles. The minimum absolute atomic E-state index is 0.0290. The number of rotatable bonds is 4. The third-order valence-electron chi connectivity index (χ3n) is 5.75. The van der Waals surface area contributed by atoms with E-state index in [9.17, 15) is 4.79 Å². The van der Waals surface area contributed by atoms with Crippen molar-refractivity contribution in [3.05, 3.63) is 59.2 Å². The number of carbonyl (C=O) groups excluding carboxylic acids is 1. The van der Waals surface area contributed by atoms with Gasteiger partial charge in [-0.05, 0) is 43.2 Å². The Kier molecular flexibility index (Phi) is 4.64. The molecule has 2 aromatic rings. The van der Waals surface area contributed by atoms with Gasteiger partial charge in [0.15, 0.2) is 0 Å². The van der Waals surface area contributed by atoms with E-state index in [2.05, 4.69) is 11.4 Å². The first-order chi connectivity index (χ1) is 14.2. The van der Waals surface area contributed by atoms with Crippen LogP contribution in [-0.2, 0) is 4.74 Å². The lowest BCUT2D eigenvalue weighted by atomic mass is 9.99. The average Bonchev–Trinajstić information content (AvgIpc) is 3.28. The predicted octanol–water partition coefficient (Wildman–Crippen LogP) is 3.54. The number of carbonyl (C=O) groups is 1. The van der Waals surface area contributed by atoms with Gasteiger partial charge in [0.05, 0.1) is 18.8 Å². The maximum Gasteiger partial charge on any atom is 0.257 e. The van der Waals surface area contributed by atoms with Gasteiger partial charge in [0, 0.05) is 36.0 Å². The first-order valence-electron chi connectivity index (χ1n) is 10.0. The second-order valence-corrected chi connectivity index (χ2v) is 7.60. The smallest absolute Gasteiger partial charge is 0.257 e. The van der Waals surface area contributed by atoms with Crippen molar-refractivity contribution < 1.29 is 19.0 Å². The maximum absolute atomic E-state index is 13.3. The van der Waals surface area contributed by atoms with Gasteiger partial charge in [-0.1, -0.05) is 12.1 Å². The predicted molar refractivity (Wildman–Crippen MR) is 110 cm³/mol. The molecule has 5 rings (SSSR count). The second kappa shape index (κ2) is 7.44. The summed E-state index contributed by atoms with van der Waals surface area (Å²) < 4.78 is 17.1. The molecule has 0 spiro atoms. The number of fused-ring (bicyclic) bond motifs is 2. The number of nitrogens with one attached hydrogen (secondary N) is 1. The molecule has 0 aliphatic carbocycles. The van der Waals surface area contributed by atoms with Crippen molar-refractivity contribution in [3.63, 3.8) is 0 Å². The van der Waals surface area contributed by atoms with Crippen LogP contribution in [0.5, 0.6) is 11.5 Å². The number of ether oxygens (including phenoxy) is 3. The van der Waals surface area contributed by atoms with E-state index >= 15 is 0 Å². The van der Waals surface area contributed by atoms with Crippen molar-refractivity contribution >= 4 is 17.7 Å². The molecule has 0 radical (unpaired) electrons. The highest BCUT2D eigenvalue weighted by Gasteiger charge is 2.37. The van der Waals surface area contributed by atoms with Crippen molar-refractivity contribution in [1.82, 2.24) is 4.90 Å². The molecule has 1 saturated heterocycles. The highest BCUT2D eigenvalue weighted by Crippen LogP contribution is 2.35. The second-order valence-electron chi connectivity index (χ2n) is 7.60. The standard InChI is InChI=1S/C23H24N2O4/c1-27-17-9-8-15-11-16(14-29-21(15)12-17)22-24-20-7-3-2-6-19(20)23(26)25(22)13-18-5-4-10-28-18/h2-3,6-9,11-12,18,22,24H,4-5,10,13-14H2,1H3. The van der Waals surface area contributed by atoms with E-state index in [1.807, 2.05) is 47.4 Å². The van der Waals surface area contributed by atoms with Crippen molar-refractivity contribution in [2.24, 2.45) is 0 Å². The number of para-hydroxylation sites is 1. The summed E-state index contributed by atoms with van der Waals surface area (Å²) in [5, 5.41) is 3.55. The number of benzene rings is 2. The normalized spacial score (nSPS) is 22.9. The SMILES string of the molecule is COc1ccc2c(c1)OCC(C1Nc3ccccc3C(=O)N1CC1CCCO1)=C2. The Morgan fingerprint density at radius 1 is 1.24 bits per heavy atom. The molecule has 3 heterocycles. The van der Waals surface area contributed by atoms with Crippen LogP contribution >= 0.6 is 0 Å². The zero-order chi connectivity index (χ0) is 19.8. The molecule has 6 nitrogen and oxygen atoms in total. The Morgan fingerprint density at radius 2 is 2.14 bits per heavy atom. The third kappa shape index (κ3) is 3.34. The van der Waals surface area contributed by atoms with Gasteiger partial charge in [0.1, 0.15) is 24.3 Å². The Balaban J connectivity index is 1.50. The Bertz CT molecular complexity index is 965. The molecule has 29 heavy (non-hydrogen) atoms. The summed E-state index contributed by atoms with van der Waals surface area (Å²) in [6, 6.07) is 13.5. The van der Waals surface area contributed by atoms with E-state index < -0.39 is 0 Å². The van der Waals surface area contributed by atoms with Gasteiger partial charge in [-0.3, -0.25) is 4.79 Å². The number of amides is 1. The highest BCUT2D eigenvalue weighted by molar-refractivity contribution is 6.02. The van der Waals surface area contributed by atoms with Gasteiger partial charge in [0.2, 0.25) is 0 Å². The molecule has 1 fully saturated rings. The van der Waals surface area contributed by atoms with Crippen LogP contribution in [-0.4, -0.2) is 49.9 Å². The molecular formula is C23H24N2O4. The maximum atomic E-state index is 13.3. The van der Waals surface area contributed by atoms with Crippen LogP contribution in [0.1, 0.15) is 28.8 Å². The molecule has 3 aliphatic heterocycles. The molecule has 2 atom stereocenters. The van der Waals surface area contributed by atoms with Gasteiger partial charge < -0.3 is 24.4 Å². The Morgan fingerprint density at radius 3 is 2.97 bits per heavy atom. The molecule has 3 aliphatic rings. The molecule has 6 heteroatoms. The third-order valence-corrected chi connectivity index (χ3v) is 5.75. The number of anilines is 1. The molecule has 1 amide bonds. The number of nitrogens with zero attached hydrogens (tertiary/aromatic N) is 1. The molecule has 2 unspecified atom stereocenters. The lowest BCUT2D eigenvalue weighted by Crippen LogP contribution is -2.53. The van der Waals surface area contributed by atoms with Gasteiger partial charge in [-0.2, -0.15) is 0 Å². The summed E-state index contributed by atoms with van der Waals surface area (Å²) in [7, 11) is 1.64. The first-order valence-corrected chi connectivity index (χ1v) is 10.0. The largest absolute Gasteiger partial charge is 0.497 e. The minimum atomic E-state index is -0.267. The lowest BCUT2D eigenvalue weighted by molar-refractivity contribution is 0.0456. The Labute approximate surface area is 170 Å².